The topological polar surface area (TPSA) is 204 Å². The van der Waals surface area contributed by atoms with E-state index in [0.717, 1.165) is 11.5 Å². The molecule has 8 atom stereocenters. The van der Waals surface area contributed by atoms with Gasteiger partial charge in [-0.3, -0.25) is 19.1 Å². The van der Waals surface area contributed by atoms with Gasteiger partial charge in [0.2, 0.25) is 5.60 Å². The highest BCUT2D eigenvalue weighted by atomic mass is 16.6. The molecule has 0 amide bonds. The Morgan fingerprint density at radius 2 is 2.16 bits per heavy atom. The average molecular weight is 441 g/mol. The van der Waals surface area contributed by atoms with Gasteiger partial charge in [-0.15, -0.1) is 0 Å². The van der Waals surface area contributed by atoms with E-state index in [-0.39, 0.29) is 12.0 Å². The lowest BCUT2D eigenvalue weighted by atomic mass is 9.86. The number of rotatable bonds is 5. The molecule has 3 rings (SSSR count). The van der Waals surface area contributed by atoms with E-state index in [1.54, 1.807) is 6.07 Å². The van der Waals surface area contributed by atoms with Gasteiger partial charge < -0.3 is 34.6 Å². The summed E-state index contributed by atoms with van der Waals surface area (Å²) in [5.41, 5.74) is -3.61. The van der Waals surface area contributed by atoms with Crippen LogP contribution >= 0.6 is 0 Å². The van der Waals surface area contributed by atoms with Gasteiger partial charge in [-0.05, 0) is 6.92 Å². The second-order valence-electron chi connectivity index (χ2n) is 7.54. The van der Waals surface area contributed by atoms with E-state index in [1.807, 2.05) is 0 Å². The van der Waals surface area contributed by atoms with Crippen molar-refractivity contribution in [1.82, 2.24) is 9.55 Å². The number of aromatic nitrogens is 2. The molecule has 170 valence electrons. The SMILES string of the molecule is CC(=O)O[C@@H]1[C@H](O)C(CO)O[C@H]1C(O)[C@@]1(C#N)O[C@@H](n2cc(C)c(=O)[nH]c2=O)C[C@@H]1O. The van der Waals surface area contributed by atoms with Crippen LogP contribution in [0.15, 0.2) is 15.8 Å². The quantitative estimate of drug-likeness (QED) is 0.288. The van der Waals surface area contributed by atoms with Gasteiger partial charge in [-0.25, -0.2) is 4.79 Å². The molecular weight excluding hydrogens is 418 g/mol. The Bertz CT molecular complexity index is 1000. The maximum atomic E-state index is 12.2. The van der Waals surface area contributed by atoms with Crippen LogP contribution in [0.1, 0.15) is 25.1 Å². The first-order chi connectivity index (χ1) is 14.5. The van der Waals surface area contributed by atoms with Crippen molar-refractivity contribution < 1.29 is 39.4 Å². The number of aromatic amines is 1. The molecule has 5 N–H and O–H groups in total. The lowest BCUT2D eigenvalue weighted by Crippen LogP contribution is -2.57. The summed E-state index contributed by atoms with van der Waals surface area (Å²) < 4.78 is 17.0. The molecule has 31 heavy (non-hydrogen) atoms. The minimum absolute atomic E-state index is 0.177. The first kappa shape index (κ1) is 23.1. The van der Waals surface area contributed by atoms with E-state index in [0.29, 0.717) is 0 Å². The van der Waals surface area contributed by atoms with Gasteiger partial charge in [-0.1, -0.05) is 0 Å². The number of ether oxygens (including phenoxy) is 3. The second-order valence-corrected chi connectivity index (χ2v) is 7.54. The maximum absolute atomic E-state index is 12.2. The molecule has 2 aliphatic rings. The summed E-state index contributed by atoms with van der Waals surface area (Å²) in [6.45, 7) is 1.84. The third-order valence-electron chi connectivity index (χ3n) is 5.49. The van der Waals surface area contributed by atoms with Gasteiger partial charge in [0.05, 0.1) is 6.61 Å². The molecule has 1 aromatic heterocycles. The molecule has 2 aliphatic heterocycles. The van der Waals surface area contributed by atoms with Crippen LogP contribution in [0, 0.1) is 18.3 Å². The van der Waals surface area contributed by atoms with Crippen LogP contribution in [0.3, 0.4) is 0 Å². The number of aliphatic hydroxyl groups excluding tert-OH is 4. The highest BCUT2D eigenvalue weighted by Gasteiger charge is 2.61. The number of nitrogens with zero attached hydrogens (tertiary/aromatic N) is 2. The van der Waals surface area contributed by atoms with Crippen LogP contribution in [0.2, 0.25) is 0 Å². The molecule has 2 saturated heterocycles. The molecule has 0 radical (unpaired) electrons. The van der Waals surface area contributed by atoms with Crippen molar-refractivity contribution in [3.63, 3.8) is 0 Å². The Labute approximate surface area is 175 Å². The number of aliphatic hydroxyl groups is 4. The third-order valence-corrected chi connectivity index (χ3v) is 5.49. The van der Waals surface area contributed by atoms with Gasteiger partial charge in [0, 0.05) is 25.1 Å². The number of carbonyl (C=O) groups excluding carboxylic acids is 1. The van der Waals surface area contributed by atoms with Crippen LogP contribution in [0.4, 0.5) is 0 Å². The van der Waals surface area contributed by atoms with Crippen molar-refractivity contribution in [1.29, 1.82) is 5.26 Å². The van der Waals surface area contributed by atoms with Crippen LogP contribution < -0.4 is 11.2 Å². The van der Waals surface area contributed by atoms with Crippen molar-refractivity contribution in [2.24, 2.45) is 0 Å². The second kappa shape index (κ2) is 8.50. The Morgan fingerprint density at radius 3 is 2.74 bits per heavy atom. The molecule has 2 fully saturated rings. The van der Waals surface area contributed by atoms with E-state index >= 15 is 0 Å². The smallest absolute Gasteiger partial charge is 0.330 e. The summed E-state index contributed by atoms with van der Waals surface area (Å²) in [5, 5.41) is 51.0. The molecule has 0 aromatic carbocycles. The molecule has 1 aromatic rings. The Kier molecular flexibility index (Phi) is 6.33. The number of hydrogen-bond acceptors (Lipinski definition) is 11. The molecule has 0 bridgehead atoms. The van der Waals surface area contributed by atoms with Gasteiger partial charge >= 0.3 is 11.7 Å². The van der Waals surface area contributed by atoms with Gasteiger partial charge in [-0.2, -0.15) is 5.26 Å². The first-order valence-electron chi connectivity index (χ1n) is 9.44. The number of carbonyl (C=O) groups is 1. The number of aryl methyl sites for hydroxylation is 1. The zero-order chi connectivity index (χ0) is 23.1. The summed E-state index contributed by atoms with van der Waals surface area (Å²) in [7, 11) is 0. The predicted octanol–water partition coefficient (Wildman–Crippen LogP) is -3.20. The molecule has 2 unspecified atom stereocenters. The normalized spacial score (nSPS) is 36.2. The summed E-state index contributed by atoms with van der Waals surface area (Å²) in [6, 6.07) is 1.70. The highest BCUT2D eigenvalue weighted by molar-refractivity contribution is 5.66. The highest BCUT2D eigenvalue weighted by Crippen LogP contribution is 2.42. The maximum Gasteiger partial charge on any atom is 0.330 e. The molecule has 0 aliphatic carbocycles. The lowest BCUT2D eigenvalue weighted by Gasteiger charge is -2.35. The summed E-state index contributed by atoms with van der Waals surface area (Å²) in [5.74, 6) is -0.810. The minimum Gasteiger partial charge on any atom is -0.457 e. The largest absolute Gasteiger partial charge is 0.457 e. The van der Waals surface area contributed by atoms with Crippen molar-refractivity contribution in [2.45, 2.75) is 68.7 Å². The fraction of sp³-hybridized carbons (Fsp3) is 0.667. The molecule has 13 heteroatoms. The Hall–Kier alpha value is -2.60. The fourth-order valence-corrected chi connectivity index (χ4v) is 3.87. The summed E-state index contributed by atoms with van der Waals surface area (Å²) in [6.07, 6.45) is -9.62. The molecule has 0 spiro atoms. The molecule has 3 heterocycles. The van der Waals surface area contributed by atoms with Gasteiger partial charge in [0.1, 0.15) is 42.8 Å². The van der Waals surface area contributed by atoms with E-state index in [9.17, 15) is 40.1 Å². The van der Waals surface area contributed by atoms with Crippen LogP contribution in [-0.2, 0) is 19.0 Å². The zero-order valence-electron chi connectivity index (χ0n) is 16.7. The zero-order valence-corrected chi connectivity index (χ0v) is 16.7. The minimum atomic E-state index is -2.33. The fourth-order valence-electron chi connectivity index (χ4n) is 3.87. The first-order valence-corrected chi connectivity index (χ1v) is 9.44. The Balaban J connectivity index is 1.95. The standard InChI is InChI=1S/C18H23N3O10/c1-7-4-21(17(28)20-16(7)27)11-3-10(24)18(6-19,31-11)15(26)14-13(29-8(2)23)12(25)9(5-22)30-14/h4,9-15,22,24-26H,3,5H2,1-2H3,(H,20,27,28)/t9?,10-,11+,12+,13+,14+,15?,18-/m0/s1. The molecule has 0 saturated carbocycles. The molecular formula is C18H23N3O10. The number of H-pyrrole nitrogens is 1. The van der Waals surface area contributed by atoms with E-state index in [4.69, 9.17) is 14.2 Å². The summed E-state index contributed by atoms with van der Waals surface area (Å²) in [4.78, 5) is 37.3. The number of hydrogen-bond donors (Lipinski definition) is 5. The number of esters is 1. The van der Waals surface area contributed by atoms with Crippen molar-refractivity contribution in [3.8, 4) is 6.07 Å². The number of nitrogens with one attached hydrogen (secondary N) is 1. The van der Waals surface area contributed by atoms with E-state index < -0.39 is 72.3 Å². The Morgan fingerprint density at radius 1 is 1.48 bits per heavy atom. The van der Waals surface area contributed by atoms with Crippen molar-refractivity contribution in [2.75, 3.05) is 6.61 Å². The summed E-state index contributed by atoms with van der Waals surface area (Å²) >= 11 is 0. The van der Waals surface area contributed by atoms with Crippen molar-refractivity contribution in [3.05, 3.63) is 32.6 Å². The van der Waals surface area contributed by atoms with Crippen LogP contribution in [0.5, 0.6) is 0 Å². The lowest BCUT2D eigenvalue weighted by molar-refractivity contribution is -0.188. The van der Waals surface area contributed by atoms with Crippen molar-refractivity contribution >= 4 is 5.97 Å². The van der Waals surface area contributed by atoms with Gasteiger partial charge in [0.25, 0.3) is 5.56 Å². The predicted molar refractivity (Wildman–Crippen MR) is 98.5 cm³/mol. The molecule has 13 nitrogen and oxygen atoms in total. The van der Waals surface area contributed by atoms with Crippen LogP contribution in [-0.4, -0.2) is 84.8 Å². The van der Waals surface area contributed by atoms with E-state index in [1.165, 1.54) is 13.1 Å². The third kappa shape index (κ3) is 3.89. The number of nitriles is 1. The van der Waals surface area contributed by atoms with Gasteiger partial charge in [0.15, 0.2) is 6.10 Å². The van der Waals surface area contributed by atoms with Crippen LogP contribution in [0.25, 0.3) is 0 Å². The average Bonchev–Trinajstić information content (AvgIpc) is 3.21. The monoisotopic (exact) mass is 441 g/mol. The van der Waals surface area contributed by atoms with E-state index in [2.05, 4.69) is 4.98 Å².